The van der Waals surface area contributed by atoms with Gasteiger partial charge in [-0.1, -0.05) is 12.8 Å². The van der Waals surface area contributed by atoms with E-state index in [1.165, 1.54) is 37.5 Å². The number of benzene rings is 1. The summed E-state index contributed by atoms with van der Waals surface area (Å²) in [5.41, 5.74) is 10.1. The van der Waals surface area contributed by atoms with E-state index < -0.39 is 0 Å². The van der Waals surface area contributed by atoms with Crippen molar-refractivity contribution in [3.05, 3.63) is 23.3 Å². The normalized spacial score (nSPS) is 19.2. The Balaban J connectivity index is 1.87. The highest BCUT2D eigenvalue weighted by Gasteiger charge is 2.24. The van der Waals surface area contributed by atoms with Gasteiger partial charge in [-0.05, 0) is 36.5 Å². The lowest BCUT2D eigenvalue weighted by molar-refractivity contribution is -0.129. The van der Waals surface area contributed by atoms with Crippen LogP contribution in [0.3, 0.4) is 0 Å². The molecule has 1 saturated heterocycles. The van der Waals surface area contributed by atoms with E-state index in [9.17, 15) is 4.79 Å². The Labute approximate surface area is 138 Å². The minimum atomic E-state index is 0.135. The summed E-state index contributed by atoms with van der Waals surface area (Å²) in [6.45, 7) is 4.69. The molecule has 0 atom stereocenters. The van der Waals surface area contributed by atoms with Crippen molar-refractivity contribution in [2.75, 3.05) is 36.8 Å². The van der Waals surface area contributed by atoms with Gasteiger partial charge in [-0.3, -0.25) is 4.79 Å². The van der Waals surface area contributed by atoms with Crippen molar-refractivity contribution in [1.82, 2.24) is 4.90 Å². The summed E-state index contributed by atoms with van der Waals surface area (Å²) in [4.78, 5) is 15.7. The topological polar surface area (TPSA) is 73.4 Å². The minimum Gasteiger partial charge on any atom is -0.398 e. The monoisotopic (exact) mass is 314 g/mol. The predicted molar refractivity (Wildman–Crippen MR) is 94.4 cm³/mol. The van der Waals surface area contributed by atoms with Gasteiger partial charge in [0.15, 0.2) is 0 Å². The lowest BCUT2D eigenvalue weighted by Crippen LogP contribution is -2.48. The Morgan fingerprint density at radius 2 is 1.87 bits per heavy atom. The summed E-state index contributed by atoms with van der Waals surface area (Å²) in [5.74, 6) is 0.741. The van der Waals surface area contributed by atoms with Crippen molar-refractivity contribution < 1.29 is 4.79 Å². The molecular formula is C18H26N4O. The zero-order valence-electron chi connectivity index (χ0n) is 13.8. The van der Waals surface area contributed by atoms with Gasteiger partial charge in [0.1, 0.15) is 0 Å². The zero-order valence-corrected chi connectivity index (χ0v) is 13.8. The number of hydrogen-bond acceptors (Lipinski definition) is 4. The standard InChI is InChI=1S/C18H26N4O/c1-13(23)21-6-8-22(9-7-21)18-11-15(14-4-2-3-5-14)10-17(20)16(18)12-19/h10-12,14,19H,2-9,20H2,1H3. The summed E-state index contributed by atoms with van der Waals surface area (Å²) in [7, 11) is 0. The van der Waals surface area contributed by atoms with Crippen LogP contribution in [0.1, 0.15) is 49.7 Å². The van der Waals surface area contributed by atoms with E-state index in [1.807, 2.05) is 4.90 Å². The van der Waals surface area contributed by atoms with Crippen molar-refractivity contribution in [3.8, 4) is 0 Å². The summed E-state index contributed by atoms with van der Waals surface area (Å²) < 4.78 is 0. The molecule has 0 bridgehead atoms. The smallest absolute Gasteiger partial charge is 0.219 e. The van der Waals surface area contributed by atoms with Crippen LogP contribution in [-0.4, -0.2) is 43.2 Å². The van der Waals surface area contributed by atoms with Gasteiger partial charge in [-0.25, -0.2) is 0 Å². The van der Waals surface area contributed by atoms with E-state index >= 15 is 0 Å². The summed E-state index contributed by atoms with van der Waals surface area (Å²) >= 11 is 0. The highest BCUT2D eigenvalue weighted by atomic mass is 16.2. The average Bonchev–Trinajstić information content (AvgIpc) is 3.08. The molecule has 1 saturated carbocycles. The van der Waals surface area contributed by atoms with Crippen molar-refractivity contribution >= 4 is 23.5 Å². The first-order chi connectivity index (χ1) is 11.1. The molecule has 1 aromatic carbocycles. The number of nitrogen functional groups attached to an aromatic ring is 1. The third kappa shape index (κ3) is 3.19. The fraction of sp³-hybridized carbons (Fsp3) is 0.556. The average molecular weight is 314 g/mol. The van der Waals surface area contributed by atoms with Crippen LogP contribution in [0.5, 0.6) is 0 Å². The Kier molecular flexibility index (Phi) is 4.55. The van der Waals surface area contributed by atoms with Crippen molar-refractivity contribution in [2.24, 2.45) is 0 Å². The molecule has 3 N–H and O–H groups in total. The highest BCUT2D eigenvalue weighted by molar-refractivity contribution is 5.93. The maximum Gasteiger partial charge on any atom is 0.219 e. The fourth-order valence-corrected chi connectivity index (χ4v) is 3.86. The number of nitrogens with zero attached hydrogens (tertiary/aromatic N) is 2. The van der Waals surface area contributed by atoms with Gasteiger partial charge >= 0.3 is 0 Å². The molecule has 3 rings (SSSR count). The van der Waals surface area contributed by atoms with Crippen LogP contribution >= 0.6 is 0 Å². The van der Waals surface area contributed by atoms with Crippen LogP contribution < -0.4 is 10.6 Å². The fourth-order valence-electron chi connectivity index (χ4n) is 3.86. The van der Waals surface area contributed by atoms with E-state index in [-0.39, 0.29) is 5.91 Å². The quantitative estimate of drug-likeness (QED) is 0.665. The molecule has 0 aromatic heterocycles. The third-order valence-corrected chi connectivity index (χ3v) is 5.25. The lowest BCUT2D eigenvalue weighted by Gasteiger charge is -2.37. The van der Waals surface area contributed by atoms with E-state index in [0.29, 0.717) is 11.6 Å². The maximum atomic E-state index is 11.5. The van der Waals surface area contributed by atoms with Gasteiger partial charge in [0.05, 0.1) is 0 Å². The SMILES string of the molecule is CC(=O)N1CCN(c2cc(C3CCCC3)cc(N)c2C=N)CC1. The third-order valence-electron chi connectivity index (χ3n) is 5.25. The van der Waals surface area contributed by atoms with Gasteiger partial charge in [-0.15, -0.1) is 0 Å². The molecule has 0 unspecified atom stereocenters. The van der Waals surface area contributed by atoms with Crippen LogP contribution in [0.4, 0.5) is 11.4 Å². The Bertz CT molecular complexity index is 599. The van der Waals surface area contributed by atoms with E-state index in [0.717, 1.165) is 37.4 Å². The summed E-state index contributed by atoms with van der Waals surface area (Å²) in [6, 6.07) is 4.29. The van der Waals surface area contributed by atoms with Crippen LogP contribution in [0.2, 0.25) is 0 Å². The van der Waals surface area contributed by atoms with Crippen molar-refractivity contribution in [1.29, 1.82) is 5.41 Å². The molecule has 23 heavy (non-hydrogen) atoms. The molecule has 5 nitrogen and oxygen atoms in total. The lowest BCUT2D eigenvalue weighted by atomic mass is 9.94. The minimum absolute atomic E-state index is 0.135. The molecule has 1 aliphatic carbocycles. The number of carbonyl (C=O) groups is 1. The molecule has 0 radical (unpaired) electrons. The molecule has 5 heteroatoms. The number of nitrogens with two attached hydrogens (primary N) is 1. The Morgan fingerprint density at radius 3 is 2.43 bits per heavy atom. The van der Waals surface area contributed by atoms with Crippen LogP contribution in [-0.2, 0) is 4.79 Å². The zero-order chi connectivity index (χ0) is 16.4. The van der Waals surface area contributed by atoms with Crippen LogP contribution in [0, 0.1) is 5.41 Å². The molecule has 1 aromatic rings. The number of carbonyl (C=O) groups excluding carboxylic acids is 1. The van der Waals surface area contributed by atoms with E-state index in [4.69, 9.17) is 11.1 Å². The Hall–Kier alpha value is -2.04. The number of rotatable bonds is 3. The molecule has 0 spiro atoms. The van der Waals surface area contributed by atoms with Gasteiger partial charge in [0, 0.05) is 56.3 Å². The van der Waals surface area contributed by atoms with E-state index in [2.05, 4.69) is 17.0 Å². The molecule has 1 amide bonds. The van der Waals surface area contributed by atoms with Gasteiger partial charge in [0.2, 0.25) is 5.91 Å². The van der Waals surface area contributed by atoms with Crippen molar-refractivity contribution in [2.45, 2.75) is 38.5 Å². The van der Waals surface area contributed by atoms with E-state index in [1.54, 1.807) is 6.92 Å². The largest absolute Gasteiger partial charge is 0.398 e. The molecule has 2 aliphatic rings. The molecular weight excluding hydrogens is 288 g/mol. The second-order valence-electron chi connectivity index (χ2n) is 6.66. The number of anilines is 2. The second-order valence-corrected chi connectivity index (χ2v) is 6.66. The molecule has 124 valence electrons. The van der Waals surface area contributed by atoms with Crippen LogP contribution in [0.15, 0.2) is 12.1 Å². The summed E-state index contributed by atoms with van der Waals surface area (Å²) in [5, 5.41) is 7.74. The second kappa shape index (κ2) is 6.60. The van der Waals surface area contributed by atoms with Gasteiger partial charge in [0.25, 0.3) is 0 Å². The number of amides is 1. The Morgan fingerprint density at radius 1 is 1.22 bits per heavy atom. The van der Waals surface area contributed by atoms with Crippen LogP contribution in [0.25, 0.3) is 0 Å². The molecule has 2 fully saturated rings. The number of piperazine rings is 1. The van der Waals surface area contributed by atoms with Gasteiger partial charge < -0.3 is 20.9 Å². The maximum absolute atomic E-state index is 11.5. The summed E-state index contributed by atoms with van der Waals surface area (Å²) in [6.07, 6.45) is 6.43. The first-order valence-electron chi connectivity index (χ1n) is 8.54. The number of nitrogens with one attached hydrogen (secondary N) is 1. The molecule has 1 heterocycles. The number of hydrogen-bond donors (Lipinski definition) is 2. The first kappa shape index (κ1) is 15.8. The predicted octanol–water partition coefficient (Wildman–Crippen LogP) is 2.59. The van der Waals surface area contributed by atoms with Crippen molar-refractivity contribution in [3.63, 3.8) is 0 Å². The van der Waals surface area contributed by atoms with Gasteiger partial charge in [-0.2, -0.15) is 0 Å². The highest BCUT2D eigenvalue weighted by Crippen LogP contribution is 2.38. The molecule has 1 aliphatic heterocycles. The first-order valence-corrected chi connectivity index (χ1v) is 8.54.